The Bertz CT molecular complexity index is 830. The standard InChI is InChI=1S/C23H27FN2O3/c24-20-6-8-21(9-7-20)29-14-22(28)26-11-10-19-13-25(15-23(19,16-26)17-27)12-18-4-2-1-3-5-18/h1-9,19,27H,10-17H2/t19-,23-/m0/s1. The second-order valence-electron chi connectivity index (χ2n) is 8.22. The van der Waals surface area contributed by atoms with Gasteiger partial charge in [-0.2, -0.15) is 0 Å². The van der Waals surface area contributed by atoms with Gasteiger partial charge in [-0.15, -0.1) is 0 Å². The number of benzene rings is 2. The molecule has 2 saturated heterocycles. The first-order valence-corrected chi connectivity index (χ1v) is 10.1. The summed E-state index contributed by atoms with van der Waals surface area (Å²) in [4.78, 5) is 16.9. The van der Waals surface area contributed by atoms with E-state index in [0.717, 1.165) is 26.1 Å². The predicted octanol–water partition coefficient (Wildman–Crippen LogP) is 2.55. The maximum atomic E-state index is 13.0. The molecule has 2 heterocycles. The molecule has 0 saturated carbocycles. The molecule has 1 N–H and O–H groups in total. The zero-order chi connectivity index (χ0) is 20.3. The van der Waals surface area contributed by atoms with Crippen LogP contribution in [-0.4, -0.2) is 60.2 Å². The van der Waals surface area contributed by atoms with Crippen LogP contribution < -0.4 is 4.74 Å². The summed E-state index contributed by atoms with van der Waals surface area (Å²) in [7, 11) is 0. The van der Waals surface area contributed by atoms with Crippen molar-refractivity contribution in [2.45, 2.75) is 13.0 Å². The summed E-state index contributed by atoms with van der Waals surface area (Å²) >= 11 is 0. The van der Waals surface area contributed by atoms with E-state index in [4.69, 9.17) is 4.74 Å². The van der Waals surface area contributed by atoms with Crippen LogP contribution in [0.2, 0.25) is 0 Å². The van der Waals surface area contributed by atoms with E-state index in [2.05, 4.69) is 17.0 Å². The molecule has 29 heavy (non-hydrogen) atoms. The van der Waals surface area contributed by atoms with Gasteiger partial charge < -0.3 is 14.7 Å². The molecule has 1 amide bonds. The molecule has 0 aliphatic carbocycles. The first-order chi connectivity index (χ1) is 14.1. The second kappa shape index (κ2) is 8.51. The normalized spacial score (nSPS) is 24.3. The fourth-order valence-corrected chi connectivity index (χ4v) is 4.66. The molecule has 0 radical (unpaired) electrons. The number of aliphatic hydroxyl groups is 1. The number of rotatable bonds is 6. The summed E-state index contributed by atoms with van der Waals surface area (Å²) in [6.07, 6.45) is 0.883. The van der Waals surface area contributed by atoms with Gasteiger partial charge in [0.2, 0.25) is 0 Å². The van der Waals surface area contributed by atoms with E-state index in [9.17, 15) is 14.3 Å². The van der Waals surface area contributed by atoms with Crippen LogP contribution in [0, 0.1) is 17.2 Å². The highest BCUT2D eigenvalue weighted by molar-refractivity contribution is 5.78. The maximum absolute atomic E-state index is 13.0. The molecule has 5 nitrogen and oxygen atoms in total. The number of ether oxygens (including phenoxy) is 1. The molecule has 154 valence electrons. The summed E-state index contributed by atoms with van der Waals surface area (Å²) in [5, 5.41) is 10.2. The van der Waals surface area contributed by atoms with Gasteiger partial charge >= 0.3 is 0 Å². The van der Waals surface area contributed by atoms with Crippen molar-refractivity contribution in [2.24, 2.45) is 11.3 Å². The van der Waals surface area contributed by atoms with Gasteiger partial charge in [-0.05, 0) is 42.2 Å². The van der Waals surface area contributed by atoms with Gasteiger partial charge in [0.15, 0.2) is 6.61 Å². The maximum Gasteiger partial charge on any atom is 0.260 e. The molecule has 0 bridgehead atoms. The van der Waals surface area contributed by atoms with E-state index in [-0.39, 0.29) is 30.4 Å². The van der Waals surface area contributed by atoms with Gasteiger partial charge in [-0.1, -0.05) is 30.3 Å². The van der Waals surface area contributed by atoms with E-state index in [0.29, 0.717) is 24.8 Å². The third-order valence-corrected chi connectivity index (χ3v) is 6.23. The highest BCUT2D eigenvalue weighted by Crippen LogP contribution is 2.42. The average Bonchev–Trinajstić information content (AvgIpc) is 3.11. The minimum atomic E-state index is -0.336. The molecule has 2 fully saturated rings. The second-order valence-corrected chi connectivity index (χ2v) is 8.22. The summed E-state index contributed by atoms with van der Waals surface area (Å²) in [5.41, 5.74) is 0.985. The first kappa shape index (κ1) is 19.9. The lowest BCUT2D eigenvalue weighted by atomic mass is 9.74. The molecule has 2 aliphatic rings. The van der Waals surface area contributed by atoms with E-state index in [1.165, 1.54) is 29.8 Å². The molecule has 0 unspecified atom stereocenters. The fourth-order valence-electron chi connectivity index (χ4n) is 4.66. The number of carbonyl (C=O) groups excluding carboxylic acids is 1. The van der Waals surface area contributed by atoms with Crippen LogP contribution in [-0.2, 0) is 11.3 Å². The summed E-state index contributed by atoms with van der Waals surface area (Å²) < 4.78 is 18.5. The van der Waals surface area contributed by atoms with Crippen molar-refractivity contribution in [1.29, 1.82) is 0 Å². The van der Waals surface area contributed by atoms with Gasteiger partial charge in [0, 0.05) is 38.1 Å². The SMILES string of the molecule is O=C(COc1ccc(F)cc1)N1CC[C@H]2CN(Cc3ccccc3)C[C@@]2(CO)C1. The van der Waals surface area contributed by atoms with Gasteiger partial charge in [0.1, 0.15) is 11.6 Å². The van der Waals surface area contributed by atoms with Gasteiger partial charge in [0.05, 0.1) is 6.61 Å². The number of amides is 1. The van der Waals surface area contributed by atoms with Crippen LogP contribution in [0.5, 0.6) is 5.75 Å². The van der Waals surface area contributed by atoms with Crippen LogP contribution in [0.25, 0.3) is 0 Å². The molecule has 2 aliphatic heterocycles. The Morgan fingerprint density at radius 1 is 1.14 bits per heavy atom. The lowest BCUT2D eigenvalue weighted by Gasteiger charge is -2.43. The van der Waals surface area contributed by atoms with Crippen molar-refractivity contribution < 1.29 is 19.0 Å². The number of aliphatic hydroxyl groups excluding tert-OH is 1. The summed E-state index contributed by atoms with van der Waals surface area (Å²) in [5.74, 6) is 0.429. The quantitative estimate of drug-likeness (QED) is 0.813. The Balaban J connectivity index is 1.36. The zero-order valence-electron chi connectivity index (χ0n) is 16.5. The number of hydrogen-bond donors (Lipinski definition) is 1. The fraction of sp³-hybridized carbons (Fsp3) is 0.435. The number of carbonyl (C=O) groups is 1. The Kier molecular flexibility index (Phi) is 5.83. The topological polar surface area (TPSA) is 53.0 Å². The van der Waals surface area contributed by atoms with E-state index < -0.39 is 0 Å². The number of fused-ring (bicyclic) bond motifs is 1. The van der Waals surface area contributed by atoms with Crippen molar-refractivity contribution in [2.75, 3.05) is 39.4 Å². The third-order valence-electron chi connectivity index (χ3n) is 6.23. The van der Waals surface area contributed by atoms with Crippen molar-refractivity contribution in [3.8, 4) is 5.75 Å². The number of nitrogens with zero attached hydrogens (tertiary/aromatic N) is 2. The molecular formula is C23H27FN2O3. The lowest BCUT2D eigenvalue weighted by Crippen LogP contribution is -2.53. The van der Waals surface area contributed by atoms with Gasteiger partial charge in [0.25, 0.3) is 5.91 Å². The molecule has 2 atom stereocenters. The van der Waals surface area contributed by atoms with Gasteiger partial charge in [-0.3, -0.25) is 9.69 Å². The Hall–Kier alpha value is -2.44. The zero-order valence-corrected chi connectivity index (χ0v) is 16.5. The van der Waals surface area contributed by atoms with Crippen molar-refractivity contribution in [3.05, 3.63) is 66.0 Å². The van der Waals surface area contributed by atoms with E-state index >= 15 is 0 Å². The van der Waals surface area contributed by atoms with Crippen LogP contribution in [0.15, 0.2) is 54.6 Å². The lowest BCUT2D eigenvalue weighted by molar-refractivity contribution is -0.138. The molecule has 0 spiro atoms. The monoisotopic (exact) mass is 398 g/mol. The number of piperidine rings is 1. The minimum Gasteiger partial charge on any atom is -0.484 e. The molecule has 4 rings (SSSR count). The third kappa shape index (κ3) is 4.43. The largest absolute Gasteiger partial charge is 0.484 e. The minimum absolute atomic E-state index is 0.0750. The first-order valence-electron chi connectivity index (χ1n) is 10.1. The number of likely N-dealkylation sites (tertiary alicyclic amines) is 2. The molecular weight excluding hydrogens is 371 g/mol. The van der Waals surface area contributed by atoms with Gasteiger partial charge in [-0.25, -0.2) is 4.39 Å². The molecule has 6 heteroatoms. The Morgan fingerprint density at radius 3 is 2.62 bits per heavy atom. The van der Waals surface area contributed by atoms with Crippen molar-refractivity contribution in [3.63, 3.8) is 0 Å². The Labute approximate surface area is 170 Å². The van der Waals surface area contributed by atoms with Crippen LogP contribution in [0.4, 0.5) is 4.39 Å². The van der Waals surface area contributed by atoms with Crippen LogP contribution >= 0.6 is 0 Å². The van der Waals surface area contributed by atoms with Crippen LogP contribution in [0.3, 0.4) is 0 Å². The number of halogens is 1. The number of hydrogen-bond acceptors (Lipinski definition) is 4. The molecule has 2 aromatic carbocycles. The highest BCUT2D eigenvalue weighted by atomic mass is 19.1. The highest BCUT2D eigenvalue weighted by Gasteiger charge is 2.50. The molecule has 2 aromatic rings. The smallest absolute Gasteiger partial charge is 0.260 e. The van der Waals surface area contributed by atoms with E-state index in [1.807, 2.05) is 23.1 Å². The summed E-state index contributed by atoms with van der Waals surface area (Å²) in [6.45, 7) is 3.81. The predicted molar refractivity (Wildman–Crippen MR) is 108 cm³/mol. The average molecular weight is 398 g/mol. The van der Waals surface area contributed by atoms with Crippen molar-refractivity contribution >= 4 is 5.91 Å². The Morgan fingerprint density at radius 2 is 1.90 bits per heavy atom. The summed E-state index contributed by atoms with van der Waals surface area (Å²) in [6, 6.07) is 16.0. The van der Waals surface area contributed by atoms with Crippen LogP contribution in [0.1, 0.15) is 12.0 Å². The van der Waals surface area contributed by atoms with E-state index in [1.54, 1.807) is 0 Å². The van der Waals surface area contributed by atoms with Crippen molar-refractivity contribution in [1.82, 2.24) is 9.80 Å². The molecule has 0 aromatic heterocycles.